The molecule has 1 aromatic heterocycles. The number of benzene rings is 4. The second-order valence-corrected chi connectivity index (χ2v) is 8.67. The number of nitrogens with one attached hydrogen (secondary N) is 2. The molecule has 2 N–H and O–H groups in total. The Morgan fingerprint density at radius 2 is 1.49 bits per heavy atom. The van der Waals surface area contributed by atoms with Crippen molar-refractivity contribution in [2.24, 2.45) is 0 Å². The van der Waals surface area contributed by atoms with Gasteiger partial charge in [0.05, 0.1) is 5.92 Å². The van der Waals surface area contributed by atoms with Crippen molar-refractivity contribution < 1.29 is 9.21 Å². The predicted octanol–water partition coefficient (Wildman–Crippen LogP) is 6.45. The van der Waals surface area contributed by atoms with Crippen LogP contribution in [0.25, 0.3) is 22.6 Å². The van der Waals surface area contributed by atoms with Gasteiger partial charge in [0.1, 0.15) is 5.52 Å². The number of carbonyl (C=O) groups is 1. The molecule has 0 saturated carbocycles. The summed E-state index contributed by atoms with van der Waals surface area (Å²) in [6.45, 7) is 2.04. The standard InChI is InChI=1S/C29H23N3O2S/c1-19-12-14-22(15-13-19)28-31-24-18-23(16-17-25(24)34-28)30-29(35)32-27(33)26(20-8-4-2-5-9-20)21-10-6-3-7-11-21/h2-18,26H,1H3,(H2,30,32,33,35). The van der Waals surface area contributed by atoms with Gasteiger partial charge in [-0.2, -0.15) is 0 Å². The zero-order chi connectivity index (χ0) is 24.2. The van der Waals surface area contributed by atoms with Crippen molar-refractivity contribution >= 4 is 40.0 Å². The first kappa shape index (κ1) is 22.5. The summed E-state index contributed by atoms with van der Waals surface area (Å²) in [4.78, 5) is 17.9. The molecule has 0 spiro atoms. The van der Waals surface area contributed by atoms with Crippen LogP contribution in [0.3, 0.4) is 0 Å². The van der Waals surface area contributed by atoms with E-state index in [1.54, 1.807) is 0 Å². The molecule has 172 valence electrons. The maximum atomic E-state index is 13.3. The topological polar surface area (TPSA) is 67.2 Å². The van der Waals surface area contributed by atoms with Gasteiger partial charge in [-0.1, -0.05) is 78.4 Å². The number of aromatic nitrogens is 1. The van der Waals surface area contributed by atoms with Gasteiger partial charge in [0, 0.05) is 11.3 Å². The number of amides is 1. The highest BCUT2D eigenvalue weighted by Crippen LogP contribution is 2.27. The molecule has 0 fully saturated rings. The van der Waals surface area contributed by atoms with Gasteiger partial charge in [-0.15, -0.1) is 0 Å². The minimum atomic E-state index is -0.479. The molecule has 5 aromatic rings. The number of aryl methyl sites for hydroxylation is 1. The lowest BCUT2D eigenvalue weighted by Gasteiger charge is -2.18. The molecule has 0 aliphatic carbocycles. The van der Waals surface area contributed by atoms with Gasteiger partial charge in [0.25, 0.3) is 0 Å². The van der Waals surface area contributed by atoms with Crippen molar-refractivity contribution in [3.05, 3.63) is 120 Å². The van der Waals surface area contributed by atoms with E-state index in [4.69, 9.17) is 16.6 Å². The molecule has 0 aliphatic heterocycles. The van der Waals surface area contributed by atoms with Crippen molar-refractivity contribution in [3.8, 4) is 11.5 Å². The number of hydrogen-bond donors (Lipinski definition) is 2. The SMILES string of the molecule is Cc1ccc(-c2nc3cc(NC(=S)NC(=O)C(c4ccccc4)c4ccccc4)ccc3o2)cc1. The third-order valence-electron chi connectivity index (χ3n) is 5.71. The van der Waals surface area contributed by atoms with Gasteiger partial charge in [-0.05, 0) is 60.6 Å². The van der Waals surface area contributed by atoms with E-state index >= 15 is 0 Å². The van der Waals surface area contributed by atoms with E-state index in [2.05, 4.69) is 15.6 Å². The van der Waals surface area contributed by atoms with Crippen molar-refractivity contribution in [2.45, 2.75) is 12.8 Å². The Morgan fingerprint density at radius 3 is 2.11 bits per heavy atom. The molecule has 0 aliphatic rings. The Kier molecular flexibility index (Phi) is 6.37. The third kappa shape index (κ3) is 5.13. The lowest BCUT2D eigenvalue weighted by Crippen LogP contribution is -2.37. The lowest BCUT2D eigenvalue weighted by atomic mass is 9.90. The first-order valence-corrected chi connectivity index (χ1v) is 11.7. The predicted molar refractivity (Wildman–Crippen MR) is 143 cm³/mol. The second kappa shape index (κ2) is 9.91. The van der Waals surface area contributed by atoms with Gasteiger partial charge < -0.3 is 15.1 Å². The highest BCUT2D eigenvalue weighted by molar-refractivity contribution is 7.80. The molecule has 1 amide bonds. The summed E-state index contributed by atoms with van der Waals surface area (Å²) in [6.07, 6.45) is 0. The van der Waals surface area contributed by atoms with Crippen LogP contribution in [0, 0.1) is 6.92 Å². The number of oxazole rings is 1. The largest absolute Gasteiger partial charge is 0.436 e. The summed E-state index contributed by atoms with van der Waals surface area (Å²) in [6, 6.07) is 32.9. The highest BCUT2D eigenvalue weighted by atomic mass is 32.1. The second-order valence-electron chi connectivity index (χ2n) is 8.27. The Labute approximate surface area is 208 Å². The summed E-state index contributed by atoms with van der Waals surface area (Å²) < 4.78 is 5.91. The minimum Gasteiger partial charge on any atom is -0.436 e. The zero-order valence-electron chi connectivity index (χ0n) is 19.1. The van der Waals surface area contributed by atoms with Crippen LogP contribution in [-0.4, -0.2) is 16.0 Å². The van der Waals surface area contributed by atoms with Crippen molar-refractivity contribution in [1.29, 1.82) is 0 Å². The van der Waals surface area contributed by atoms with Crippen LogP contribution in [0.1, 0.15) is 22.6 Å². The third-order valence-corrected chi connectivity index (χ3v) is 5.91. The minimum absolute atomic E-state index is 0.205. The van der Waals surface area contributed by atoms with Gasteiger partial charge >= 0.3 is 0 Å². The molecule has 4 aromatic carbocycles. The van der Waals surface area contributed by atoms with E-state index in [-0.39, 0.29) is 11.0 Å². The summed E-state index contributed by atoms with van der Waals surface area (Å²) >= 11 is 5.46. The van der Waals surface area contributed by atoms with Crippen LogP contribution >= 0.6 is 12.2 Å². The molecule has 5 nitrogen and oxygen atoms in total. The van der Waals surface area contributed by atoms with Crippen LogP contribution in [0.15, 0.2) is 108 Å². The monoisotopic (exact) mass is 477 g/mol. The van der Waals surface area contributed by atoms with Crippen molar-refractivity contribution in [1.82, 2.24) is 10.3 Å². The first-order chi connectivity index (χ1) is 17.1. The normalized spacial score (nSPS) is 10.9. The highest BCUT2D eigenvalue weighted by Gasteiger charge is 2.23. The van der Waals surface area contributed by atoms with E-state index in [0.29, 0.717) is 22.7 Å². The number of fused-ring (bicyclic) bond motifs is 1. The van der Waals surface area contributed by atoms with Crippen molar-refractivity contribution in [3.63, 3.8) is 0 Å². The number of carbonyl (C=O) groups excluding carboxylic acids is 1. The summed E-state index contributed by atoms with van der Waals surface area (Å²) in [5.74, 6) is -0.127. The van der Waals surface area contributed by atoms with E-state index in [1.165, 1.54) is 5.56 Å². The number of thiocarbonyl (C=S) groups is 1. The maximum Gasteiger partial charge on any atom is 0.238 e. The fraction of sp³-hybridized carbons (Fsp3) is 0.0690. The summed E-state index contributed by atoms with van der Waals surface area (Å²) in [7, 11) is 0. The molecule has 0 radical (unpaired) electrons. The number of rotatable bonds is 5. The maximum absolute atomic E-state index is 13.3. The molecular weight excluding hydrogens is 454 g/mol. The summed E-state index contributed by atoms with van der Waals surface area (Å²) in [5, 5.41) is 6.16. The van der Waals surface area contributed by atoms with E-state index in [9.17, 15) is 4.79 Å². The average molecular weight is 478 g/mol. The summed E-state index contributed by atoms with van der Waals surface area (Å²) in [5.41, 5.74) is 5.96. The Morgan fingerprint density at radius 1 is 0.857 bits per heavy atom. The van der Waals surface area contributed by atoms with Gasteiger partial charge in [0.15, 0.2) is 10.7 Å². The van der Waals surface area contributed by atoms with Crippen LogP contribution < -0.4 is 10.6 Å². The number of anilines is 1. The van der Waals surface area contributed by atoms with Gasteiger partial charge in [0.2, 0.25) is 11.8 Å². The first-order valence-electron chi connectivity index (χ1n) is 11.3. The molecule has 0 atom stereocenters. The quantitative estimate of drug-likeness (QED) is 0.285. The average Bonchev–Trinajstić information content (AvgIpc) is 3.29. The fourth-order valence-electron chi connectivity index (χ4n) is 3.96. The van der Waals surface area contributed by atoms with Crippen LogP contribution in [-0.2, 0) is 4.79 Å². The molecule has 35 heavy (non-hydrogen) atoms. The van der Waals surface area contributed by atoms with Crippen LogP contribution in [0.4, 0.5) is 5.69 Å². The lowest BCUT2D eigenvalue weighted by molar-refractivity contribution is -0.120. The molecule has 6 heteroatoms. The fourth-order valence-corrected chi connectivity index (χ4v) is 4.18. The number of hydrogen-bond acceptors (Lipinski definition) is 4. The van der Waals surface area contributed by atoms with Gasteiger partial charge in [-0.3, -0.25) is 4.79 Å². The molecule has 0 saturated heterocycles. The molecule has 0 unspecified atom stereocenters. The zero-order valence-corrected chi connectivity index (χ0v) is 19.9. The van der Waals surface area contributed by atoms with Crippen LogP contribution in [0.5, 0.6) is 0 Å². The van der Waals surface area contributed by atoms with Crippen molar-refractivity contribution in [2.75, 3.05) is 5.32 Å². The Balaban J connectivity index is 1.32. The van der Waals surface area contributed by atoms with E-state index in [0.717, 1.165) is 16.7 Å². The molecular formula is C29H23N3O2S. The Hall–Kier alpha value is -4.29. The smallest absolute Gasteiger partial charge is 0.238 e. The Bertz CT molecular complexity index is 1440. The molecule has 5 rings (SSSR count). The molecule has 1 heterocycles. The van der Waals surface area contributed by atoms with Gasteiger partial charge in [-0.25, -0.2) is 4.98 Å². The van der Waals surface area contributed by atoms with Crippen LogP contribution in [0.2, 0.25) is 0 Å². The molecule has 0 bridgehead atoms. The van der Waals surface area contributed by atoms with E-state index < -0.39 is 5.92 Å². The van der Waals surface area contributed by atoms with E-state index in [1.807, 2.05) is 110 Å². The number of nitrogens with zero attached hydrogens (tertiary/aromatic N) is 1.